The number of aliphatic imine (C=N–C) groups is 1. The molecular formula is C11H13NO3. The third-order valence-corrected chi connectivity index (χ3v) is 2.22. The van der Waals surface area contributed by atoms with Gasteiger partial charge in [0.1, 0.15) is 18.6 Å². The van der Waals surface area contributed by atoms with Crippen LogP contribution in [0.3, 0.4) is 0 Å². The number of allylic oxidation sites excluding steroid dienone is 2. The van der Waals surface area contributed by atoms with Crippen LogP contribution in [0.25, 0.3) is 0 Å². The number of esters is 1. The van der Waals surface area contributed by atoms with Gasteiger partial charge in [-0.3, -0.25) is 4.79 Å². The van der Waals surface area contributed by atoms with Crippen LogP contribution in [0.2, 0.25) is 0 Å². The molecule has 0 bridgehead atoms. The lowest BCUT2D eigenvalue weighted by atomic mass is 10.1. The fraction of sp³-hybridized carbons (Fsp3) is 0.455. The van der Waals surface area contributed by atoms with E-state index >= 15 is 0 Å². The molecule has 0 saturated heterocycles. The van der Waals surface area contributed by atoms with E-state index in [2.05, 4.69) is 4.99 Å². The maximum Gasteiger partial charge on any atom is 0.315 e. The number of carbonyl (C=O) groups excluding carboxylic acids is 1. The molecule has 0 aromatic rings. The standard InChI is InChI=1S/C11H13NO3/c1-2-14-11(13)7-10-12-8-5-3-4-6-9(8)15-10/h3-6,8-9H,2,7H2,1H3. The minimum atomic E-state index is -0.289. The van der Waals surface area contributed by atoms with E-state index in [1.54, 1.807) is 6.92 Å². The highest BCUT2D eigenvalue weighted by Crippen LogP contribution is 2.20. The van der Waals surface area contributed by atoms with E-state index in [4.69, 9.17) is 9.47 Å². The van der Waals surface area contributed by atoms with Crippen molar-refractivity contribution >= 4 is 11.9 Å². The molecule has 2 rings (SSSR count). The number of hydrogen-bond acceptors (Lipinski definition) is 4. The molecule has 15 heavy (non-hydrogen) atoms. The van der Waals surface area contributed by atoms with Gasteiger partial charge in [0.25, 0.3) is 0 Å². The Morgan fingerprint density at radius 3 is 3.07 bits per heavy atom. The zero-order valence-electron chi connectivity index (χ0n) is 8.55. The molecule has 1 aliphatic heterocycles. The molecule has 4 heteroatoms. The lowest BCUT2D eigenvalue weighted by Crippen LogP contribution is -2.20. The van der Waals surface area contributed by atoms with Crippen molar-refractivity contribution in [3.8, 4) is 0 Å². The summed E-state index contributed by atoms with van der Waals surface area (Å²) in [5.41, 5.74) is 0. The van der Waals surface area contributed by atoms with E-state index in [0.717, 1.165) is 0 Å². The number of ether oxygens (including phenoxy) is 2. The Labute approximate surface area is 88.3 Å². The molecule has 0 amide bonds. The summed E-state index contributed by atoms with van der Waals surface area (Å²) in [6.07, 6.45) is 7.84. The molecule has 0 N–H and O–H groups in total. The van der Waals surface area contributed by atoms with Crippen LogP contribution >= 0.6 is 0 Å². The van der Waals surface area contributed by atoms with Gasteiger partial charge in [0.2, 0.25) is 0 Å². The van der Waals surface area contributed by atoms with Gasteiger partial charge >= 0.3 is 5.97 Å². The van der Waals surface area contributed by atoms with E-state index in [9.17, 15) is 4.79 Å². The van der Waals surface area contributed by atoms with Gasteiger partial charge in [-0.2, -0.15) is 0 Å². The highest BCUT2D eigenvalue weighted by atomic mass is 16.5. The first-order valence-electron chi connectivity index (χ1n) is 5.03. The zero-order chi connectivity index (χ0) is 10.7. The summed E-state index contributed by atoms with van der Waals surface area (Å²) in [5.74, 6) is 0.183. The largest absolute Gasteiger partial charge is 0.470 e. The fourth-order valence-electron chi connectivity index (χ4n) is 1.58. The molecule has 0 fully saturated rings. The zero-order valence-corrected chi connectivity index (χ0v) is 8.55. The Kier molecular flexibility index (Phi) is 2.85. The van der Waals surface area contributed by atoms with Crippen LogP contribution in [0.5, 0.6) is 0 Å². The first-order valence-corrected chi connectivity index (χ1v) is 5.03. The van der Waals surface area contributed by atoms with Gasteiger partial charge in [0.15, 0.2) is 5.90 Å². The van der Waals surface area contributed by atoms with Crippen molar-refractivity contribution in [1.82, 2.24) is 0 Å². The molecule has 1 heterocycles. The van der Waals surface area contributed by atoms with Crippen LogP contribution in [0.1, 0.15) is 13.3 Å². The summed E-state index contributed by atoms with van der Waals surface area (Å²) in [6, 6.07) is 0.0272. The van der Waals surface area contributed by atoms with E-state index in [0.29, 0.717) is 12.5 Å². The smallest absolute Gasteiger partial charge is 0.315 e. The molecule has 0 radical (unpaired) electrons. The number of hydrogen-bond donors (Lipinski definition) is 0. The van der Waals surface area contributed by atoms with Crippen LogP contribution in [-0.2, 0) is 14.3 Å². The number of nitrogens with zero attached hydrogens (tertiary/aromatic N) is 1. The summed E-state index contributed by atoms with van der Waals surface area (Å²) in [5, 5.41) is 0. The molecule has 4 nitrogen and oxygen atoms in total. The lowest BCUT2D eigenvalue weighted by molar-refractivity contribution is -0.141. The van der Waals surface area contributed by atoms with Gasteiger partial charge in [-0.05, 0) is 13.0 Å². The van der Waals surface area contributed by atoms with Crippen LogP contribution in [0.15, 0.2) is 29.3 Å². The number of rotatable bonds is 3. The van der Waals surface area contributed by atoms with Crippen LogP contribution < -0.4 is 0 Å². The highest BCUT2D eigenvalue weighted by molar-refractivity contribution is 5.95. The third-order valence-electron chi connectivity index (χ3n) is 2.22. The normalized spacial score (nSPS) is 26.9. The van der Waals surface area contributed by atoms with Crippen LogP contribution in [0, 0.1) is 0 Å². The van der Waals surface area contributed by atoms with Crippen molar-refractivity contribution in [3.63, 3.8) is 0 Å². The molecule has 0 aromatic heterocycles. The summed E-state index contributed by atoms with van der Waals surface area (Å²) < 4.78 is 10.3. The average molecular weight is 207 g/mol. The topological polar surface area (TPSA) is 47.9 Å². The van der Waals surface area contributed by atoms with E-state index in [1.807, 2.05) is 24.3 Å². The predicted molar refractivity (Wildman–Crippen MR) is 55.6 cm³/mol. The minimum absolute atomic E-state index is 0.0272. The molecule has 0 spiro atoms. The van der Waals surface area contributed by atoms with Crippen molar-refractivity contribution in [2.45, 2.75) is 25.5 Å². The van der Waals surface area contributed by atoms with E-state index in [-0.39, 0.29) is 24.5 Å². The van der Waals surface area contributed by atoms with Gasteiger partial charge in [0.05, 0.1) is 6.61 Å². The van der Waals surface area contributed by atoms with Gasteiger partial charge < -0.3 is 9.47 Å². The summed E-state index contributed by atoms with van der Waals surface area (Å²) in [4.78, 5) is 15.5. The van der Waals surface area contributed by atoms with Crippen molar-refractivity contribution in [1.29, 1.82) is 0 Å². The Bertz CT molecular complexity index is 344. The van der Waals surface area contributed by atoms with Crippen molar-refractivity contribution in [3.05, 3.63) is 24.3 Å². The van der Waals surface area contributed by atoms with E-state index in [1.165, 1.54) is 0 Å². The fourth-order valence-corrected chi connectivity index (χ4v) is 1.58. The molecular weight excluding hydrogens is 194 g/mol. The summed E-state index contributed by atoms with van der Waals surface area (Å²) in [6.45, 7) is 2.17. The Hall–Kier alpha value is -1.58. The molecule has 2 aliphatic rings. The monoisotopic (exact) mass is 207 g/mol. The first-order chi connectivity index (χ1) is 7.29. The SMILES string of the molecule is CCOC(=O)CC1=NC2C=CC=CC2O1. The molecule has 2 atom stereocenters. The Balaban J connectivity index is 1.93. The number of carbonyl (C=O) groups is 1. The second-order valence-corrected chi connectivity index (χ2v) is 3.35. The molecule has 1 aliphatic carbocycles. The molecule has 0 saturated carbocycles. The van der Waals surface area contributed by atoms with E-state index < -0.39 is 0 Å². The summed E-state index contributed by atoms with van der Waals surface area (Å²) >= 11 is 0. The molecule has 0 aromatic carbocycles. The minimum Gasteiger partial charge on any atom is -0.470 e. The predicted octanol–water partition coefficient (Wildman–Crippen LogP) is 1.23. The maximum absolute atomic E-state index is 11.2. The second-order valence-electron chi connectivity index (χ2n) is 3.35. The Morgan fingerprint density at radius 2 is 2.33 bits per heavy atom. The second kappa shape index (κ2) is 4.29. The quantitative estimate of drug-likeness (QED) is 0.654. The highest BCUT2D eigenvalue weighted by Gasteiger charge is 2.29. The van der Waals surface area contributed by atoms with Gasteiger partial charge in [-0.1, -0.05) is 18.2 Å². The van der Waals surface area contributed by atoms with Crippen molar-refractivity contribution in [2.75, 3.05) is 6.61 Å². The van der Waals surface area contributed by atoms with Gasteiger partial charge in [0, 0.05) is 0 Å². The first kappa shape index (κ1) is 9.96. The molecule has 80 valence electrons. The van der Waals surface area contributed by atoms with Crippen molar-refractivity contribution in [2.24, 2.45) is 4.99 Å². The van der Waals surface area contributed by atoms with Gasteiger partial charge in [-0.25, -0.2) is 4.99 Å². The summed E-state index contributed by atoms with van der Waals surface area (Å²) in [7, 11) is 0. The van der Waals surface area contributed by atoms with Crippen LogP contribution in [0.4, 0.5) is 0 Å². The molecule has 2 unspecified atom stereocenters. The van der Waals surface area contributed by atoms with Gasteiger partial charge in [-0.15, -0.1) is 0 Å². The average Bonchev–Trinajstić information content (AvgIpc) is 2.59. The third kappa shape index (κ3) is 2.26. The lowest BCUT2D eigenvalue weighted by Gasteiger charge is -2.12. The Morgan fingerprint density at radius 1 is 1.53 bits per heavy atom. The van der Waals surface area contributed by atoms with Crippen LogP contribution in [-0.4, -0.2) is 30.6 Å². The maximum atomic E-state index is 11.2. The van der Waals surface area contributed by atoms with Crippen molar-refractivity contribution < 1.29 is 14.3 Å². The number of fused-ring (bicyclic) bond motifs is 1.